The summed E-state index contributed by atoms with van der Waals surface area (Å²) in [4.78, 5) is 4.77. The van der Waals surface area contributed by atoms with Crippen LogP contribution in [0.3, 0.4) is 0 Å². The first-order valence-electron chi connectivity index (χ1n) is 7.56. The predicted molar refractivity (Wildman–Crippen MR) is 81.8 cm³/mol. The third-order valence-corrected chi connectivity index (χ3v) is 4.34. The van der Waals surface area contributed by atoms with E-state index in [0.29, 0.717) is 6.04 Å². The molecule has 1 aromatic heterocycles. The Hall–Kier alpha value is -1.61. The van der Waals surface area contributed by atoms with E-state index in [4.69, 9.17) is 4.98 Å². The standard InChI is InChI=1S/C17H23N3/c1-13-19-15-10-6-7-11-17(15)20(13)12-16(18-2)14-8-4-3-5-9-14/h3-5,8-9,16,18H,6-7,10-12H2,1-2H3. The number of likely N-dealkylation sites (N-methyl/N-ethyl adjacent to an activating group) is 1. The first-order chi connectivity index (χ1) is 9.79. The van der Waals surface area contributed by atoms with Crippen LogP contribution in [0.25, 0.3) is 0 Å². The lowest BCUT2D eigenvalue weighted by Crippen LogP contribution is -2.24. The van der Waals surface area contributed by atoms with Crippen LogP contribution in [-0.4, -0.2) is 16.6 Å². The highest BCUT2D eigenvalue weighted by Gasteiger charge is 2.20. The summed E-state index contributed by atoms with van der Waals surface area (Å²) in [7, 11) is 2.04. The maximum atomic E-state index is 4.77. The molecule has 1 heterocycles. The normalized spacial score (nSPS) is 15.9. The van der Waals surface area contributed by atoms with Crippen LogP contribution in [0.1, 0.15) is 41.7 Å². The van der Waals surface area contributed by atoms with Gasteiger partial charge in [0.1, 0.15) is 5.82 Å². The van der Waals surface area contributed by atoms with E-state index in [9.17, 15) is 0 Å². The number of nitrogens with one attached hydrogen (secondary N) is 1. The molecule has 0 saturated heterocycles. The third-order valence-electron chi connectivity index (χ3n) is 4.34. The fourth-order valence-corrected chi connectivity index (χ4v) is 3.21. The van der Waals surface area contributed by atoms with E-state index in [1.165, 1.54) is 36.2 Å². The van der Waals surface area contributed by atoms with Crippen LogP contribution in [0.2, 0.25) is 0 Å². The SMILES string of the molecule is CNC(Cn1c(C)nc2c1CCCC2)c1ccccc1. The summed E-state index contributed by atoms with van der Waals surface area (Å²) in [5, 5.41) is 3.44. The number of benzene rings is 1. The molecule has 3 nitrogen and oxygen atoms in total. The Bertz CT molecular complexity index is 571. The summed E-state index contributed by atoms with van der Waals surface area (Å²) in [6.45, 7) is 3.10. The molecule has 3 rings (SSSR count). The van der Waals surface area contributed by atoms with Crippen molar-refractivity contribution in [3.63, 3.8) is 0 Å². The van der Waals surface area contributed by atoms with Crippen molar-refractivity contribution in [2.45, 2.75) is 45.2 Å². The second kappa shape index (κ2) is 5.80. The Balaban J connectivity index is 1.88. The summed E-state index contributed by atoms with van der Waals surface area (Å²) >= 11 is 0. The molecule has 2 aromatic rings. The van der Waals surface area contributed by atoms with Crippen molar-refractivity contribution >= 4 is 0 Å². The molecule has 1 aliphatic carbocycles. The first kappa shape index (κ1) is 13.4. The quantitative estimate of drug-likeness (QED) is 0.924. The summed E-state index contributed by atoms with van der Waals surface area (Å²) in [6.07, 6.45) is 4.92. The van der Waals surface area contributed by atoms with Gasteiger partial charge >= 0.3 is 0 Å². The van der Waals surface area contributed by atoms with E-state index in [2.05, 4.69) is 47.1 Å². The van der Waals surface area contributed by atoms with E-state index in [1.807, 2.05) is 7.05 Å². The van der Waals surface area contributed by atoms with Crippen LogP contribution in [0.5, 0.6) is 0 Å². The van der Waals surface area contributed by atoms with Crippen LogP contribution < -0.4 is 5.32 Å². The van der Waals surface area contributed by atoms with Crippen LogP contribution in [0.15, 0.2) is 30.3 Å². The van der Waals surface area contributed by atoms with Gasteiger partial charge in [-0.15, -0.1) is 0 Å². The number of fused-ring (bicyclic) bond motifs is 1. The Morgan fingerprint density at radius 2 is 1.95 bits per heavy atom. The maximum Gasteiger partial charge on any atom is 0.106 e. The van der Waals surface area contributed by atoms with Crippen LogP contribution >= 0.6 is 0 Å². The van der Waals surface area contributed by atoms with Gasteiger partial charge in [-0.3, -0.25) is 0 Å². The van der Waals surface area contributed by atoms with E-state index < -0.39 is 0 Å². The summed E-state index contributed by atoms with van der Waals surface area (Å²) < 4.78 is 2.42. The minimum absolute atomic E-state index is 0.343. The first-order valence-corrected chi connectivity index (χ1v) is 7.56. The van der Waals surface area contributed by atoms with E-state index in [-0.39, 0.29) is 0 Å². The molecule has 20 heavy (non-hydrogen) atoms. The summed E-state index contributed by atoms with van der Waals surface area (Å²) in [5.41, 5.74) is 4.13. The Kier molecular flexibility index (Phi) is 3.88. The molecule has 0 saturated carbocycles. The molecule has 0 amide bonds. The lowest BCUT2D eigenvalue weighted by atomic mass is 10.0. The fourth-order valence-electron chi connectivity index (χ4n) is 3.21. The lowest BCUT2D eigenvalue weighted by molar-refractivity contribution is 0.476. The van der Waals surface area contributed by atoms with Gasteiger partial charge < -0.3 is 9.88 Å². The minimum Gasteiger partial charge on any atom is -0.330 e. The van der Waals surface area contributed by atoms with Gasteiger partial charge in [-0.25, -0.2) is 4.98 Å². The zero-order chi connectivity index (χ0) is 13.9. The average Bonchev–Trinajstić information content (AvgIpc) is 2.81. The molecule has 0 fully saturated rings. The number of nitrogens with zero attached hydrogens (tertiary/aromatic N) is 2. The highest BCUT2D eigenvalue weighted by atomic mass is 15.1. The summed E-state index contributed by atoms with van der Waals surface area (Å²) in [5.74, 6) is 1.16. The molecule has 0 radical (unpaired) electrons. The van der Waals surface area contributed by atoms with Crippen molar-refractivity contribution in [1.29, 1.82) is 0 Å². The maximum absolute atomic E-state index is 4.77. The number of aryl methyl sites for hydroxylation is 2. The molecular formula is C17H23N3. The second-order valence-electron chi connectivity index (χ2n) is 5.62. The van der Waals surface area contributed by atoms with Gasteiger partial charge in [-0.2, -0.15) is 0 Å². The van der Waals surface area contributed by atoms with Gasteiger partial charge in [0.15, 0.2) is 0 Å². The highest BCUT2D eigenvalue weighted by molar-refractivity contribution is 5.22. The van der Waals surface area contributed by atoms with Gasteiger partial charge in [-0.1, -0.05) is 30.3 Å². The van der Waals surface area contributed by atoms with Crippen LogP contribution in [0.4, 0.5) is 0 Å². The largest absolute Gasteiger partial charge is 0.330 e. The number of imidazole rings is 1. The number of aromatic nitrogens is 2. The highest BCUT2D eigenvalue weighted by Crippen LogP contribution is 2.24. The molecule has 3 heteroatoms. The zero-order valence-corrected chi connectivity index (χ0v) is 12.4. The fraction of sp³-hybridized carbons (Fsp3) is 0.471. The van der Waals surface area contributed by atoms with Crippen molar-refractivity contribution < 1.29 is 0 Å². The average molecular weight is 269 g/mol. The minimum atomic E-state index is 0.343. The van der Waals surface area contributed by atoms with Gasteiger partial charge in [0.2, 0.25) is 0 Å². The lowest BCUT2D eigenvalue weighted by Gasteiger charge is -2.21. The smallest absolute Gasteiger partial charge is 0.106 e. The Labute approximate surface area is 121 Å². The van der Waals surface area contributed by atoms with Gasteiger partial charge in [0.05, 0.1) is 5.69 Å². The molecule has 1 N–H and O–H groups in total. The molecule has 1 atom stereocenters. The molecule has 0 spiro atoms. The van der Waals surface area contributed by atoms with E-state index >= 15 is 0 Å². The zero-order valence-electron chi connectivity index (χ0n) is 12.4. The molecule has 1 unspecified atom stereocenters. The van der Waals surface area contributed by atoms with Gasteiger partial charge in [-0.05, 0) is 45.2 Å². The molecule has 0 aliphatic heterocycles. The van der Waals surface area contributed by atoms with Gasteiger partial charge in [0, 0.05) is 18.3 Å². The van der Waals surface area contributed by atoms with E-state index in [1.54, 1.807) is 0 Å². The number of rotatable bonds is 4. The molecule has 0 bridgehead atoms. The van der Waals surface area contributed by atoms with Crippen molar-refractivity contribution in [3.05, 3.63) is 53.1 Å². The van der Waals surface area contributed by atoms with Crippen molar-refractivity contribution in [2.75, 3.05) is 7.05 Å². The van der Waals surface area contributed by atoms with Gasteiger partial charge in [0.25, 0.3) is 0 Å². The molecule has 106 valence electrons. The summed E-state index contributed by atoms with van der Waals surface area (Å²) in [6, 6.07) is 11.0. The van der Waals surface area contributed by atoms with E-state index in [0.717, 1.165) is 18.8 Å². The third kappa shape index (κ3) is 2.50. The second-order valence-corrected chi connectivity index (χ2v) is 5.62. The number of hydrogen-bond donors (Lipinski definition) is 1. The van der Waals surface area contributed by atoms with Crippen LogP contribution in [0, 0.1) is 6.92 Å². The van der Waals surface area contributed by atoms with Crippen molar-refractivity contribution in [3.8, 4) is 0 Å². The van der Waals surface area contributed by atoms with Crippen LogP contribution in [-0.2, 0) is 19.4 Å². The molecular weight excluding hydrogens is 246 g/mol. The number of hydrogen-bond acceptors (Lipinski definition) is 2. The van der Waals surface area contributed by atoms with Crippen molar-refractivity contribution in [2.24, 2.45) is 0 Å². The molecule has 1 aromatic carbocycles. The predicted octanol–water partition coefficient (Wildman–Crippen LogP) is 3.03. The molecule has 1 aliphatic rings. The monoisotopic (exact) mass is 269 g/mol. The van der Waals surface area contributed by atoms with Crippen molar-refractivity contribution in [1.82, 2.24) is 14.9 Å². The topological polar surface area (TPSA) is 29.9 Å². The Morgan fingerprint density at radius 3 is 2.70 bits per heavy atom. The Morgan fingerprint density at radius 1 is 1.20 bits per heavy atom.